The molecule has 0 aliphatic carbocycles. The molecule has 154 valence electrons. The van der Waals surface area contributed by atoms with Crippen LogP contribution in [0.15, 0.2) is 41.3 Å². The fourth-order valence-electron chi connectivity index (χ4n) is 2.81. The molecule has 1 saturated heterocycles. The van der Waals surface area contributed by atoms with Crippen molar-refractivity contribution in [2.24, 2.45) is 0 Å². The van der Waals surface area contributed by atoms with E-state index in [-0.39, 0.29) is 44.3 Å². The molecule has 0 bridgehead atoms. The van der Waals surface area contributed by atoms with E-state index in [1.54, 1.807) is 0 Å². The number of carboxylic acids is 1. The summed E-state index contributed by atoms with van der Waals surface area (Å²) in [7, 11) is -2.60. The number of carbonyl (C=O) groups is 1. The van der Waals surface area contributed by atoms with Crippen LogP contribution in [0.4, 0.5) is 4.39 Å². The van der Waals surface area contributed by atoms with Gasteiger partial charge in [-0.05, 0) is 35.4 Å². The Labute approximate surface area is 177 Å². The highest BCUT2D eigenvalue weighted by Crippen LogP contribution is 2.38. The van der Waals surface area contributed by atoms with Gasteiger partial charge in [0.25, 0.3) is 0 Å². The van der Waals surface area contributed by atoms with Gasteiger partial charge in [0.15, 0.2) is 0 Å². The zero-order valence-electron chi connectivity index (χ0n) is 15.1. The first-order valence-electron chi connectivity index (χ1n) is 8.38. The number of nitrogens with zero attached hydrogens (tertiary/aromatic N) is 1. The van der Waals surface area contributed by atoms with E-state index in [2.05, 4.69) is 0 Å². The third kappa shape index (κ3) is 4.79. The topological polar surface area (TPSA) is 87.2 Å². The van der Waals surface area contributed by atoms with E-state index in [1.807, 2.05) is 0 Å². The summed E-state index contributed by atoms with van der Waals surface area (Å²) in [5, 5.41) is 8.49. The van der Waals surface area contributed by atoms with Crippen LogP contribution in [-0.4, -0.2) is 50.1 Å². The Bertz CT molecular complexity index is 1080. The lowest BCUT2D eigenvalue weighted by molar-refractivity contribution is -0.131. The van der Waals surface area contributed by atoms with E-state index in [0.717, 1.165) is 10.4 Å². The summed E-state index contributed by atoms with van der Waals surface area (Å²) in [5.74, 6) is -1.83. The lowest BCUT2D eigenvalue weighted by Crippen LogP contribution is -2.31. The number of hydrogen-bond acceptors (Lipinski definition) is 4. The number of hydrogen-bond donors (Lipinski definition) is 1. The maximum atomic E-state index is 14.5. The Hall–Kier alpha value is -1.97. The molecule has 2 aromatic carbocycles. The second kappa shape index (κ2) is 8.41. The fraction of sp³-hybridized carbons (Fsp3) is 0.211. The lowest BCUT2D eigenvalue weighted by Gasteiger charge is -2.19. The van der Waals surface area contributed by atoms with Crippen molar-refractivity contribution in [1.82, 2.24) is 4.31 Å². The standard InChI is InChI=1S/C19H16Cl2FNO5S/c1-23(9-13-10-28-13)29(26,27)19-14(20)7-12(8-15(19)21)18-11(5-6-17(24)25)3-2-4-16(18)22/h2-8,13H,9-10H2,1H3,(H,24,25). The average Bonchev–Trinajstić information content (AvgIpc) is 3.42. The van der Waals surface area contributed by atoms with Gasteiger partial charge < -0.3 is 9.84 Å². The number of halogens is 3. The highest BCUT2D eigenvalue weighted by Gasteiger charge is 2.33. The van der Waals surface area contributed by atoms with Crippen LogP contribution in [0.5, 0.6) is 0 Å². The molecular weight excluding hydrogens is 444 g/mol. The van der Waals surface area contributed by atoms with Crippen molar-refractivity contribution in [3.63, 3.8) is 0 Å². The van der Waals surface area contributed by atoms with E-state index < -0.39 is 21.8 Å². The number of rotatable bonds is 7. The molecule has 1 atom stereocenters. The van der Waals surface area contributed by atoms with Crippen molar-refractivity contribution in [2.45, 2.75) is 11.0 Å². The summed E-state index contributed by atoms with van der Waals surface area (Å²) in [6.07, 6.45) is 1.94. The van der Waals surface area contributed by atoms with Crippen molar-refractivity contribution >= 4 is 45.3 Å². The van der Waals surface area contributed by atoms with Crippen molar-refractivity contribution in [3.8, 4) is 11.1 Å². The van der Waals surface area contributed by atoms with Crippen LogP contribution in [0.2, 0.25) is 10.0 Å². The van der Waals surface area contributed by atoms with Crippen LogP contribution < -0.4 is 0 Å². The van der Waals surface area contributed by atoms with Crippen LogP contribution in [0.25, 0.3) is 17.2 Å². The highest BCUT2D eigenvalue weighted by atomic mass is 35.5. The molecule has 10 heteroatoms. The quantitative estimate of drug-likeness (QED) is 0.500. The first-order chi connectivity index (χ1) is 13.6. The minimum Gasteiger partial charge on any atom is -0.478 e. The van der Waals surface area contributed by atoms with Crippen molar-refractivity contribution in [1.29, 1.82) is 0 Å². The third-order valence-electron chi connectivity index (χ3n) is 4.27. The number of likely N-dealkylation sites (N-methyl/N-ethyl adjacent to an activating group) is 1. The van der Waals surface area contributed by atoms with E-state index >= 15 is 0 Å². The Morgan fingerprint density at radius 3 is 2.52 bits per heavy atom. The molecular formula is C19H16Cl2FNO5S. The van der Waals surface area contributed by atoms with Gasteiger partial charge >= 0.3 is 5.97 Å². The SMILES string of the molecule is CN(CC1CO1)S(=O)(=O)c1c(Cl)cc(-c2c(F)cccc2C=CC(=O)O)cc1Cl. The lowest BCUT2D eigenvalue weighted by atomic mass is 9.98. The van der Waals surface area contributed by atoms with Gasteiger partial charge in [-0.15, -0.1) is 0 Å². The van der Waals surface area contributed by atoms with Gasteiger partial charge in [0.05, 0.1) is 22.8 Å². The van der Waals surface area contributed by atoms with Crippen LogP contribution in [-0.2, 0) is 19.6 Å². The molecule has 1 unspecified atom stereocenters. The van der Waals surface area contributed by atoms with E-state index in [9.17, 15) is 17.6 Å². The highest BCUT2D eigenvalue weighted by molar-refractivity contribution is 7.89. The normalized spacial score (nSPS) is 16.5. The zero-order valence-corrected chi connectivity index (χ0v) is 17.4. The van der Waals surface area contributed by atoms with Crippen LogP contribution in [0.1, 0.15) is 5.56 Å². The second-order valence-corrected chi connectivity index (χ2v) is 9.18. The van der Waals surface area contributed by atoms with Gasteiger partial charge in [-0.2, -0.15) is 4.31 Å². The van der Waals surface area contributed by atoms with Crippen molar-refractivity contribution < 1.29 is 27.4 Å². The number of carboxylic acid groups (broad SMARTS) is 1. The Morgan fingerprint density at radius 2 is 1.97 bits per heavy atom. The van der Waals surface area contributed by atoms with Crippen LogP contribution in [0.3, 0.4) is 0 Å². The molecule has 1 aliphatic rings. The Morgan fingerprint density at radius 1 is 1.34 bits per heavy atom. The van der Waals surface area contributed by atoms with Crippen molar-refractivity contribution in [3.05, 3.63) is 57.8 Å². The Kier molecular flexibility index (Phi) is 6.30. The molecule has 3 rings (SSSR count). The number of sulfonamides is 1. The van der Waals surface area contributed by atoms with E-state index in [4.69, 9.17) is 33.0 Å². The molecule has 1 N–H and O–H groups in total. The fourth-order valence-corrected chi connectivity index (χ4v) is 5.17. The van der Waals surface area contributed by atoms with Gasteiger partial charge in [-0.25, -0.2) is 17.6 Å². The van der Waals surface area contributed by atoms with Crippen LogP contribution >= 0.6 is 23.2 Å². The summed E-state index contributed by atoms with van der Waals surface area (Å²) in [4.78, 5) is 10.5. The molecule has 6 nitrogen and oxygen atoms in total. The largest absolute Gasteiger partial charge is 0.478 e. The van der Waals surface area contributed by atoms with Crippen LogP contribution in [0, 0.1) is 5.82 Å². The predicted molar refractivity (Wildman–Crippen MR) is 108 cm³/mol. The third-order valence-corrected chi connectivity index (χ3v) is 7.02. The molecule has 2 aromatic rings. The Balaban J connectivity index is 2.08. The number of benzene rings is 2. The summed E-state index contributed by atoms with van der Waals surface area (Å²) < 4.78 is 46.4. The van der Waals surface area contributed by atoms with Gasteiger partial charge in [0.2, 0.25) is 10.0 Å². The second-order valence-electron chi connectivity index (χ2n) is 6.39. The zero-order chi connectivity index (χ0) is 21.3. The minimum atomic E-state index is -3.99. The van der Waals surface area contributed by atoms with E-state index in [1.165, 1.54) is 43.5 Å². The molecule has 1 aliphatic heterocycles. The summed E-state index contributed by atoms with van der Waals surface area (Å²) in [6, 6.07) is 6.73. The molecule has 0 spiro atoms. The van der Waals surface area contributed by atoms with E-state index in [0.29, 0.717) is 6.61 Å². The van der Waals surface area contributed by atoms with Gasteiger partial charge in [0.1, 0.15) is 10.7 Å². The molecule has 0 saturated carbocycles. The predicted octanol–water partition coefficient (Wildman–Crippen LogP) is 3.92. The first kappa shape index (κ1) is 21.7. The van der Waals surface area contributed by atoms with Crippen molar-refractivity contribution in [2.75, 3.05) is 20.2 Å². The minimum absolute atomic E-state index is 0.0532. The maximum Gasteiger partial charge on any atom is 0.328 e. The molecule has 0 aromatic heterocycles. The molecule has 29 heavy (non-hydrogen) atoms. The number of aliphatic carboxylic acids is 1. The first-order valence-corrected chi connectivity index (χ1v) is 10.6. The average molecular weight is 460 g/mol. The molecule has 1 heterocycles. The van der Waals surface area contributed by atoms with Gasteiger partial charge in [0, 0.05) is 25.2 Å². The maximum absolute atomic E-state index is 14.5. The number of ether oxygens (including phenoxy) is 1. The number of epoxide rings is 1. The smallest absolute Gasteiger partial charge is 0.328 e. The summed E-state index contributed by atoms with van der Waals surface area (Å²) in [5.41, 5.74) is 0.547. The monoisotopic (exact) mass is 459 g/mol. The molecule has 0 amide bonds. The molecule has 1 fully saturated rings. The van der Waals surface area contributed by atoms with Gasteiger partial charge in [-0.3, -0.25) is 0 Å². The summed E-state index contributed by atoms with van der Waals surface area (Å²) in [6.45, 7) is 0.647. The summed E-state index contributed by atoms with van der Waals surface area (Å²) >= 11 is 12.5. The molecule has 0 radical (unpaired) electrons. The van der Waals surface area contributed by atoms with Gasteiger partial charge in [-0.1, -0.05) is 35.3 Å².